The first-order valence-electron chi connectivity index (χ1n) is 4.60. The molecule has 2 saturated heterocycles. The predicted molar refractivity (Wildman–Crippen MR) is 44.1 cm³/mol. The second-order valence-corrected chi connectivity index (χ2v) is 3.35. The summed E-state index contributed by atoms with van der Waals surface area (Å²) in [4.78, 5) is 0. The number of ether oxygens (including phenoxy) is 3. The van der Waals surface area contributed by atoms with Gasteiger partial charge in [-0.3, -0.25) is 0 Å². The van der Waals surface area contributed by atoms with Gasteiger partial charge >= 0.3 is 0 Å². The molecule has 0 N–H and O–H groups in total. The second kappa shape index (κ2) is 3.26. The summed E-state index contributed by atoms with van der Waals surface area (Å²) < 4.78 is 16.2. The summed E-state index contributed by atoms with van der Waals surface area (Å²) >= 11 is 0. The third kappa shape index (κ3) is 1.33. The third-order valence-electron chi connectivity index (χ3n) is 2.66. The molecule has 1 spiro atoms. The summed E-state index contributed by atoms with van der Waals surface area (Å²) in [7, 11) is 0. The zero-order valence-corrected chi connectivity index (χ0v) is 7.66. The SMILES string of the molecule is CCOC1COCCC12OC2C#N. The summed E-state index contributed by atoms with van der Waals surface area (Å²) in [5, 5.41) is 8.74. The zero-order valence-electron chi connectivity index (χ0n) is 7.66. The smallest absolute Gasteiger partial charge is 0.176 e. The quantitative estimate of drug-likeness (QED) is 0.584. The molecule has 2 aliphatic heterocycles. The van der Waals surface area contributed by atoms with Gasteiger partial charge in [0.05, 0.1) is 12.7 Å². The molecule has 0 aromatic rings. The van der Waals surface area contributed by atoms with Crippen molar-refractivity contribution in [2.75, 3.05) is 19.8 Å². The van der Waals surface area contributed by atoms with E-state index >= 15 is 0 Å². The Morgan fingerprint density at radius 2 is 2.54 bits per heavy atom. The van der Waals surface area contributed by atoms with Crippen molar-refractivity contribution in [3.8, 4) is 6.07 Å². The number of hydrogen-bond donors (Lipinski definition) is 0. The molecular weight excluding hydrogens is 170 g/mol. The van der Waals surface area contributed by atoms with Crippen LogP contribution in [-0.4, -0.2) is 37.6 Å². The molecule has 13 heavy (non-hydrogen) atoms. The van der Waals surface area contributed by atoms with E-state index in [-0.39, 0.29) is 17.8 Å². The van der Waals surface area contributed by atoms with Crippen molar-refractivity contribution in [2.45, 2.75) is 31.2 Å². The Balaban J connectivity index is 2.03. The highest BCUT2D eigenvalue weighted by molar-refractivity contribution is 5.18. The van der Waals surface area contributed by atoms with Gasteiger partial charge in [-0.05, 0) is 6.92 Å². The molecule has 0 amide bonds. The largest absolute Gasteiger partial charge is 0.379 e. The summed E-state index contributed by atoms with van der Waals surface area (Å²) in [6.07, 6.45) is 0.430. The molecule has 72 valence electrons. The lowest BCUT2D eigenvalue weighted by Gasteiger charge is -2.28. The van der Waals surface area contributed by atoms with Crippen LogP contribution in [0.25, 0.3) is 0 Å². The van der Waals surface area contributed by atoms with Crippen molar-refractivity contribution >= 4 is 0 Å². The van der Waals surface area contributed by atoms with E-state index in [0.29, 0.717) is 19.8 Å². The maximum atomic E-state index is 8.74. The molecule has 2 fully saturated rings. The van der Waals surface area contributed by atoms with Crippen LogP contribution >= 0.6 is 0 Å². The first kappa shape index (κ1) is 8.95. The van der Waals surface area contributed by atoms with Gasteiger partial charge in [0.2, 0.25) is 0 Å². The van der Waals surface area contributed by atoms with Crippen LogP contribution in [0.3, 0.4) is 0 Å². The lowest BCUT2D eigenvalue weighted by molar-refractivity contribution is -0.0911. The first-order chi connectivity index (χ1) is 6.33. The average Bonchev–Trinajstić information content (AvgIpc) is 2.85. The fraction of sp³-hybridized carbons (Fsp3) is 0.889. The van der Waals surface area contributed by atoms with E-state index in [1.54, 1.807) is 0 Å². The van der Waals surface area contributed by atoms with Crippen molar-refractivity contribution in [2.24, 2.45) is 0 Å². The lowest BCUT2D eigenvalue weighted by atomic mass is 9.93. The van der Waals surface area contributed by atoms with Crippen LogP contribution in [-0.2, 0) is 14.2 Å². The van der Waals surface area contributed by atoms with Crippen LogP contribution in [0.15, 0.2) is 0 Å². The highest BCUT2D eigenvalue weighted by atomic mass is 16.7. The number of epoxide rings is 1. The van der Waals surface area contributed by atoms with E-state index in [2.05, 4.69) is 6.07 Å². The Hall–Kier alpha value is -0.630. The second-order valence-electron chi connectivity index (χ2n) is 3.35. The summed E-state index contributed by atoms with van der Waals surface area (Å²) in [5.74, 6) is 0. The molecule has 4 heteroatoms. The van der Waals surface area contributed by atoms with Gasteiger partial charge in [0.1, 0.15) is 11.7 Å². The van der Waals surface area contributed by atoms with Crippen molar-refractivity contribution in [1.82, 2.24) is 0 Å². The van der Waals surface area contributed by atoms with Gasteiger partial charge in [-0.2, -0.15) is 5.26 Å². The van der Waals surface area contributed by atoms with Gasteiger partial charge in [0.15, 0.2) is 6.10 Å². The Morgan fingerprint density at radius 1 is 1.69 bits per heavy atom. The maximum absolute atomic E-state index is 8.74. The van der Waals surface area contributed by atoms with Gasteiger partial charge in [0.25, 0.3) is 0 Å². The van der Waals surface area contributed by atoms with E-state index in [9.17, 15) is 0 Å². The molecule has 0 radical (unpaired) electrons. The molecule has 2 heterocycles. The molecule has 0 bridgehead atoms. The predicted octanol–water partition coefficient (Wildman–Crippen LogP) is 0.473. The van der Waals surface area contributed by atoms with Crippen LogP contribution in [0.1, 0.15) is 13.3 Å². The molecule has 0 aromatic carbocycles. The van der Waals surface area contributed by atoms with E-state index in [1.807, 2.05) is 6.92 Å². The Morgan fingerprint density at radius 3 is 3.15 bits per heavy atom. The molecule has 3 unspecified atom stereocenters. The van der Waals surface area contributed by atoms with Crippen LogP contribution < -0.4 is 0 Å². The Labute approximate surface area is 77.4 Å². The highest BCUT2D eigenvalue weighted by Crippen LogP contribution is 2.45. The molecule has 4 nitrogen and oxygen atoms in total. The van der Waals surface area contributed by atoms with Gasteiger partial charge in [-0.25, -0.2) is 0 Å². The standard InChI is InChI=1S/C9H13NO3/c1-2-12-8-6-11-4-3-9(8)7(5-10)13-9/h7-8H,2-4,6H2,1H3. The van der Waals surface area contributed by atoms with Crippen LogP contribution in [0.4, 0.5) is 0 Å². The van der Waals surface area contributed by atoms with Crippen molar-refractivity contribution in [3.63, 3.8) is 0 Å². The van der Waals surface area contributed by atoms with Gasteiger partial charge < -0.3 is 14.2 Å². The van der Waals surface area contributed by atoms with Crippen LogP contribution in [0.5, 0.6) is 0 Å². The van der Waals surface area contributed by atoms with Crippen LogP contribution in [0, 0.1) is 11.3 Å². The third-order valence-corrected chi connectivity index (χ3v) is 2.66. The summed E-state index contributed by atoms with van der Waals surface area (Å²) in [5.41, 5.74) is -0.344. The zero-order chi connectivity index (χ0) is 9.31. The Bertz CT molecular complexity index is 236. The Kier molecular flexibility index (Phi) is 2.24. The van der Waals surface area contributed by atoms with Gasteiger partial charge in [0, 0.05) is 19.6 Å². The number of hydrogen-bond acceptors (Lipinski definition) is 4. The summed E-state index contributed by atoms with van der Waals surface area (Å²) in [6.45, 7) is 3.79. The molecule has 0 saturated carbocycles. The summed E-state index contributed by atoms with van der Waals surface area (Å²) in [6, 6.07) is 2.13. The first-order valence-corrected chi connectivity index (χ1v) is 4.60. The number of rotatable bonds is 2. The van der Waals surface area contributed by atoms with E-state index in [4.69, 9.17) is 19.5 Å². The maximum Gasteiger partial charge on any atom is 0.176 e. The highest BCUT2D eigenvalue weighted by Gasteiger charge is 2.63. The van der Waals surface area contributed by atoms with E-state index < -0.39 is 0 Å². The minimum absolute atomic E-state index is 0.0594. The topological polar surface area (TPSA) is 54.8 Å². The molecule has 0 aromatic heterocycles. The van der Waals surface area contributed by atoms with E-state index in [0.717, 1.165) is 6.42 Å². The number of nitriles is 1. The molecule has 2 rings (SSSR count). The minimum atomic E-state index is -0.344. The normalized spacial score (nSPS) is 43.1. The van der Waals surface area contributed by atoms with Crippen molar-refractivity contribution in [3.05, 3.63) is 0 Å². The van der Waals surface area contributed by atoms with Gasteiger partial charge in [-0.15, -0.1) is 0 Å². The van der Waals surface area contributed by atoms with Gasteiger partial charge in [-0.1, -0.05) is 0 Å². The monoisotopic (exact) mass is 183 g/mol. The average molecular weight is 183 g/mol. The fourth-order valence-electron chi connectivity index (χ4n) is 1.87. The van der Waals surface area contributed by atoms with Crippen molar-refractivity contribution in [1.29, 1.82) is 5.26 Å². The number of nitrogens with zero attached hydrogens (tertiary/aromatic N) is 1. The van der Waals surface area contributed by atoms with E-state index in [1.165, 1.54) is 0 Å². The lowest BCUT2D eigenvalue weighted by Crippen LogP contribution is -2.43. The van der Waals surface area contributed by atoms with Crippen LogP contribution in [0.2, 0.25) is 0 Å². The molecule has 0 aliphatic carbocycles. The molecule has 3 atom stereocenters. The van der Waals surface area contributed by atoms with Crippen molar-refractivity contribution < 1.29 is 14.2 Å². The fourth-order valence-corrected chi connectivity index (χ4v) is 1.87. The minimum Gasteiger partial charge on any atom is -0.379 e. The molecular formula is C9H13NO3. The molecule has 2 aliphatic rings.